The lowest BCUT2D eigenvalue weighted by Crippen LogP contribution is -2.39. The normalized spacial score (nSPS) is 16.6. The number of aliphatic hydroxyl groups excluding tert-OH is 1. The van der Waals surface area contributed by atoms with Crippen LogP contribution in [-0.4, -0.2) is 35.1 Å². The Balaban J connectivity index is 1.70. The lowest BCUT2D eigenvalue weighted by molar-refractivity contribution is -0.133. The summed E-state index contributed by atoms with van der Waals surface area (Å²) < 4.78 is 0. The number of carbonyl (C=O) groups excluding carboxylic acids is 1. The molecule has 1 aliphatic rings. The molecule has 1 aromatic carbocycles. The molecule has 0 aliphatic carbocycles. The lowest BCUT2D eigenvalue weighted by atomic mass is 10.0. The highest BCUT2D eigenvalue weighted by molar-refractivity contribution is 5.76. The van der Waals surface area contributed by atoms with E-state index in [1.807, 2.05) is 4.90 Å². The summed E-state index contributed by atoms with van der Waals surface area (Å²) >= 11 is 0. The molecule has 0 spiro atoms. The smallest absolute Gasteiger partial charge is 0.222 e. The second-order valence-corrected chi connectivity index (χ2v) is 5.45. The van der Waals surface area contributed by atoms with E-state index >= 15 is 0 Å². The molecule has 0 aromatic heterocycles. The van der Waals surface area contributed by atoms with Crippen LogP contribution in [0.15, 0.2) is 24.3 Å². The van der Waals surface area contributed by atoms with Crippen molar-refractivity contribution in [2.45, 2.75) is 45.1 Å². The molecule has 3 nitrogen and oxygen atoms in total. The van der Waals surface area contributed by atoms with Gasteiger partial charge in [-0.25, -0.2) is 0 Å². The SMILES string of the molecule is Cc1ccc(CCCC(=O)N2CCC(O)CC2)cc1. The van der Waals surface area contributed by atoms with Gasteiger partial charge in [-0.3, -0.25) is 4.79 Å². The van der Waals surface area contributed by atoms with Gasteiger partial charge in [0.1, 0.15) is 0 Å². The van der Waals surface area contributed by atoms with Gasteiger partial charge < -0.3 is 10.0 Å². The molecule has 1 fully saturated rings. The highest BCUT2D eigenvalue weighted by Crippen LogP contribution is 2.13. The number of likely N-dealkylation sites (tertiary alicyclic amines) is 1. The van der Waals surface area contributed by atoms with Gasteiger partial charge in [-0.05, 0) is 38.2 Å². The molecule has 2 rings (SSSR count). The number of hydrogen-bond acceptors (Lipinski definition) is 2. The molecule has 0 atom stereocenters. The van der Waals surface area contributed by atoms with Crippen LogP contribution in [0, 0.1) is 6.92 Å². The maximum absolute atomic E-state index is 12.0. The molecule has 104 valence electrons. The molecule has 0 saturated carbocycles. The highest BCUT2D eigenvalue weighted by Gasteiger charge is 2.20. The van der Waals surface area contributed by atoms with Crippen LogP contribution < -0.4 is 0 Å². The molecule has 1 heterocycles. The Morgan fingerprint density at radius 3 is 2.53 bits per heavy atom. The first kappa shape index (κ1) is 14.1. The van der Waals surface area contributed by atoms with Crippen LogP contribution in [0.25, 0.3) is 0 Å². The fourth-order valence-corrected chi connectivity index (χ4v) is 2.47. The van der Waals surface area contributed by atoms with E-state index < -0.39 is 0 Å². The number of hydrogen-bond donors (Lipinski definition) is 1. The van der Waals surface area contributed by atoms with Crippen molar-refractivity contribution in [1.82, 2.24) is 4.90 Å². The number of nitrogens with zero attached hydrogens (tertiary/aromatic N) is 1. The number of rotatable bonds is 4. The second-order valence-electron chi connectivity index (χ2n) is 5.45. The average molecular weight is 261 g/mol. The molecule has 1 amide bonds. The van der Waals surface area contributed by atoms with Crippen LogP contribution in [0.2, 0.25) is 0 Å². The predicted octanol–water partition coefficient (Wildman–Crippen LogP) is 2.30. The molecule has 0 unspecified atom stereocenters. The first-order chi connectivity index (χ1) is 9.15. The molecule has 3 heteroatoms. The number of amides is 1. The standard InChI is InChI=1S/C16H23NO2/c1-13-5-7-14(8-6-13)3-2-4-16(19)17-11-9-15(18)10-12-17/h5-8,15,18H,2-4,9-12H2,1H3. The Kier molecular flexibility index (Phi) is 4.97. The van der Waals surface area contributed by atoms with E-state index in [0.29, 0.717) is 19.5 Å². The van der Waals surface area contributed by atoms with Crippen molar-refractivity contribution in [3.05, 3.63) is 35.4 Å². The Labute approximate surface area is 115 Å². The minimum atomic E-state index is -0.211. The number of aryl methyl sites for hydroxylation is 2. The zero-order chi connectivity index (χ0) is 13.7. The molecule has 1 N–H and O–H groups in total. The summed E-state index contributed by atoms with van der Waals surface area (Å²) in [4.78, 5) is 13.9. The van der Waals surface area contributed by atoms with Gasteiger partial charge in [0, 0.05) is 19.5 Å². The fourth-order valence-electron chi connectivity index (χ4n) is 2.47. The first-order valence-electron chi connectivity index (χ1n) is 7.16. The lowest BCUT2D eigenvalue weighted by Gasteiger charge is -2.29. The van der Waals surface area contributed by atoms with E-state index in [2.05, 4.69) is 31.2 Å². The fraction of sp³-hybridized carbons (Fsp3) is 0.562. The van der Waals surface area contributed by atoms with Gasteiger partial charge in [0.15, 0.2) is 0 Å². The number of aliphatic hydroxyl groups is 1. The van der Waals surface area contributed by atoms with Crippen molar-refractivity contribution in [1.29, 1.82) is 0 Å². The molecule has 19 heavy (non-hydrogen) atoms. The summed E-state index contributed by atoms with van der Waals surface area (Å²) in [7, 11) is 0. The van der Waals surface area contributed by atoms with Crippen LogP contribution >= 0.6 is 0 Å². The molecular formula is C16H23NO2. The maximum atomic E-state index is 12.0. The summed E-state index contributed by atoms with van der Waals surface area (Å²) in [5, 5.41) is 9.42. The topological polar surface area (TPSA) is 40.5 Å². The van der Waals surface area contributed by atoms with Crippen LogP contribution in [0.4, 0.5) is 0 Å². The quantitative estimate of drug-likeness (QED) is 0.903. The van der Waals surface area contributed by atoms with E-state index in [0.717, 1.165) is 25.7 Å². The minimum absolute atomic E-state index is 0.211. The van der Waals surface area contributed by atoms with Crippen molar-refractivity contribution in [3.8, 4) is 0 Å². The summed E-state index contributed by atoms with van der Waals surface area (Å²) in [6.07, 6.45) is 3.72. The zero-order valence-corrected chi connectivity index (χ0v) is 11.6. The molecule has 1 aromatic rings. The maximum Gasteiger partial charge on any atom is 0.222 e. The largest absolute Gasteiger partial charge is 0.393 e. The summed E-state index contributed by atoms with van der Waals surface area (Å²) in [6.45, 7) is 3.51. The summed E-state index contributed by atoms with van der Waals surface area (Å²) in [6, 6.07) is 8.50. The van der Waals surface area contributed by atoms with E-state index in [4.69, 9.17) is 0 Å². The summed E-state index contributed by atoms with van der Waals surface area (Å²) in [5.41, 5.74) is 2.57. The van der Waals surface area contributed by atoms with E-state index in [-0.39, 0.29) is 12.0 Å². The van der Waals surface area contributed by atoms with Crippen LogP contribution in [0.3, 0.4) is 0 Å². The van der Waals surface area contributed by atoms with Crippen molar-refractivity contribution in [2.75, 3.05) is 13.1 Å². The van der Waals surface area contributed by atoms with Crippen molar-refractivity contribution < 1.29 is 9.90 Å². The number of carbonyl (C=O) groups is 1. The zero-order valence-electron chi connectivity index (χ0n) is 11.6. The Hall–Kier alpha value is -1.35. The van der Waals surface area contributed by atoms with Crippen LogP contribution in [0.5, 0.6) is 0 Å². The minimum Gasteiger partial charge on any atom is -0.393 e. The Morgan fingerprint density at radius 1 is 1.26 bits per heavy atom. The second kappa shape index (κ2) is 6.71. The first-order valence-corrected chi connectivity index (χ1v) is 7.16. The molecule has 1 aliphatic heterocycles. The van der Waals surface area contributed by atoms with Gasteiger partial charge in [-0.15, -0.1) is 0 Å². The van der Waals surface area contributed by atoms with Gasteiger partial charge >= 0.3 is 0 Å². The number of piperidine rings is 1. The Morgan fingerprint density at radius 2 is 1.89 bits per heavy atom. The number of benzene rings is 1. The molecule has 0 radical (unpaired) electrons. The van der Waals surface area contributed by atoms with Crippen molar-refractivity contribution >= 4 is 5.91 Å². The summed E-state index contributed by atoms with van der Waals surface area (Å²) in [5.74, 6) is 0.235. The van der Waals surface area contributed by atoms with Gasteiger partial charge in [0.2, 0.25) is 5.91 Å². The van der Waals surface area contributed by atoms with E-state index in [1.54, 1.807) is 0 Å². The van der Waals surface area contributed by atoms with Gasteiger partial charge in [0.05, 0.1) is 6.10 Å². The Bertz CT molecular complexity index is 405. The van der Waals surface area contributed by atoms with Crippen LogP contribution in [0.1, 0.15) is 36.8 Å². The third-order valence-corrected chi connectivity index (χ3v) is 3.79. The van der Waals surface area contributed by atoms with Crippen molar-refractivity contribution in [3.63, 3.8) is 0 Å². The van der Waals surface area contributed by atoms with Crippen molar-refractivity contribution in [2.24, 2.45) is 0 Å². The van der Waals surface area contributed by atoms with E-state index in [1.165, 1.54) is 11.1 Å². The molecule has 1 saturated heterocycles. The monoisotopic (exact) mass is 261 g/mol. The third kappa shape index (κ3) is 4.35. The van der Waals surface area contributed by atoms with Gasteiger partial charge in [-0.1, -0.05) is 29.8 Å². The molecular weight excluding hydrogens is 238 g/mol. The average Bonchev–Trinajstić information content (AvgIpc) is 2.41. The third-order valence-electron chi connectivity index (χ3n) is 3.79. The highest BCUT2D eigenvalue weighted by atomic mass is 16.3. The van der Waals surface area contributed by atoms with Gasteiger partial charge in [0.25, 0.3) is 0 Å². The van der Waals surface area contributed by atoms with Gasteiger partial charge in [-0.2, -0.15) is 0 Å². The molecule has 0 bridgehead atoms. The van der Waals surface area contributed by atoms with Crippen LogP contribution in [-0.2, 0) is 11.2 Å². The van der Waals surface area contributed by atoms with E-state index in [9.17, 15) is 9.90 Å². The predicted molar refractivity (Wildman–Crippen MR) is 75.9 cm³/mol.